The zero-order valence-corrected chi connectivity index (χ0v) is 12.7. The van der Waals surface area contributed by atoms with Gasteiger partial charge in [0.2, 0.25) is 5.91 Å². The first-order valence-electron chi connectivity index (χ1n) is 8.09. The lowest BCUT2D eigenvalue weighted by Gasteiger charge is -2.35. The molecule has 0 saturated carbocycles. The molecule has 6 nitrogen and oxygen atoms in total. The van der Waals surface area contributed by atoms with E-state index in [4.69, 9.17) is 0 Å². The maximum absolute atomic E-state index is 12.6. The summed E-state index contributed by atoms with van der Waals surface area (Å²) in [5.41, 5.74) is 1.06. The van der Waals surface area contributed by atoms with Gasteiger partial charge in [0, 0.05) is 11.6 Å². The molecule has 3 rings (SSSR count). The summed E-state index contributed by atoms with van der Waals surface area (Å²) >= 11 is 0. The average Bonchev–Trinajstić information content (AvgIpc) is 3.16. The van der Waals surface area contributed by atoms with Crippen LogP contribution >= 0.6 is 0 Å². The van der Waals surface area contributed by atoms with Gasteiger partial charge in [0.15, 0.2) is 0 Å². The maximum Gasteiger partial charge on any atom is 0.242 e. The molecule has 0 radical (unpaired) electrons. The summed E-state index contributed by atoms with van der Waals surface area (Å²) in [7, 11) is 0. The summed E-state index contributed by atoms with van der Waals surface area (Å²) in [6.07, 6.45) is 7.03. The van der Waals surface area contributed by atoms with Crippen LogP contribution in [0.5, 0.6) is 0 Å². The van der Waals surface area contributed by atoms with Crippen LogP contribution in [-0.2, 0) is 11.2 Å². The minimum Gasteiger partial charge on any atom is -0.317 e. The van der Waals surface area contributed by atoms with E-state index in [1.165, 1.54) is 0 Å². The van der Waals surface area contributed by atoms with Gasteiger partial charge >= 0.3 is 0 Å². The van der Waals surface area contributed by atoms with E-state index in [1.54, 1.807) is 6.20 Å². The number of nitrogens with zero attached hydrogens (tertiary/aromatic N) is 2. The van der Waals surface area contributed by atoms with Crippen molar-refractivity contribution in [3.8, 4) is 0 Å². The quantitative estimate of drug-likeness (QED) is 0.777. The zero-order valence-electron chi connectivity index (χ0n) is 12.7. The first-order valence-corrected chi connectivity index (χ1v) is 8.09. The topological polar surface area (TPSA) is 73.0 Å². The van der Waals surface area contributed by atoms with E-state index in [9.17, 15) is 4.79 Å². The Hall–Kier alpha value is -1.40. The smallest absolute Gasteiger partial charge is 0.242 e. The van der Waals surface area contributed by atoms with Gasteiger partial charge in [-0.1, -0.05) is 6.92 Å². The second-order valence-corrected chi connectivity index (χ2v) is 5.99. The highest BCUT2D eigenvalue weighted by molar-refractivity contribution is 5.94. The van der Waals surface area contributed by atoms with Crippen LogP contribution in [-0.4, -0.2) is 52.7 Å². The van der Waals surface area contributed by atoms with Crippen molar-refractivity contribution in [2.75, 3.05) is 25.0 Å². The normalized spacial score (nSPS) is 24.3. The number of H-pyrrole nitrogens is 1. The molecule has 1 aromatic heterocycles. The number of piperidine rings is 1. The third kappa shape index (κ3) is 3.11. The Bertz CT molecular complexity index is 480. The SMILES string of the molecule is CCc1cn[nH]c1NC(=O)C1CCCN1C1CCNCC1. The number of hydrogen-bond donors (Lipinski definition) is 3. The number of aryl methyl sites for hydroxylation is 1. The van der Waals surface area contributed by atoms with Crippen molar-refractivity contribution >= 4 is 11.7 Å². The van der Waals surface area contributed by atoms with Crippen LogP contribution in [0.2, 0.25) is 0 Å². The average molecular weight is 291 g/mol. The minimum absolute atomic E-state index is 0.0149. The summed E-state index contributed by atoms with van der Waals surface area (Å²) < 4.78 is 0. The Kier molecular flexibility index (Phi) is 4.55. The van der Waals surface area contributed by atoms with Crippen LogP contribution in [0.25, 0.3) is 0 Å². The summed E-state index contributed by atoms with van der Waals surface area (Å²) in [5, 5.41) is 13.3. The molecule has 2 fully saturated rings. The molecule has 2 aliphatic heterocycles. The molecule has 1 amide bonds. The number of anilines is 1. The molecule has 1 atom stereocenters. The molecule has 6 heteroatoms. The third-order valence-corrected chi connectivity index (χ3v) is 4.72. The van der Waals surface area contributed by atoms with Gasteiger partial charge < -0.3 is 10.6 Å². The highest BCUT2D eigenvalue weighted by Crippen LogP contribution is 2.25. The van der Waals surface area contributed by atoms with Gasteiger partial charge in [0.25, 0.3) is 0 Å². The molecular weight excluding hydrogens is 266 g/mol. The van der Waals surface area contributed by atoms with Crippen LogP contribution in [0.1, 0.15) is 38.2 Å². The van der Waals surface area contributed by atoms with Crippen LogP contribution in [0.15, 0.2) is 6.20 Å². The van der Waals surface area contributed by atoms with Crippen LogP contribution in [0.3, 0.4) is 0 Å². The van der Waals surface area contributed by atoms with E-state index in [2.05, 4.69) is 32.7 Å². The number of carbonyl (C=O) groups excluding carboxylic acids is 1. The van der Waals surface area contributed by atoms with E-state index in [0.717, 1.165) is 63.1 Å². The van der Waals surface area contributed by atoms with Gasteiger partial charge in [0.05, 0.1) is 12.2 Å². The van der Waals surface area contributed by atoms with Crippen molar-refractivity contribution in [1.82, 2.24) is 20.4 Å². The highest BCUT2D eigenvalue weighted by Gasteiger charge is 2.35. The van der Waals surface area contributed by atoms with Crippen molar-refractivity contribution < 1.29 is 4.79 Å². The van der Waals surface area contributed by atoms with Crippen molar-refractivity contribution in [2.24, 2.45) is 0 Å². The number of nitrogens with one attached hydrogen (secondary N) is 3. The predicted octanol–water partition coefficient (Wildman–Crippen LogP) is 1.13. The van der Waals surface area contributed by atoms with Crippen LogP contribution in [0.4, 0.5) is 5.82 Å². The van der Waals surface area contributed by atoms with Crippen molar-refractivity contribution in [1.29, 1.82) is 0 Å². The molecule has 0 aliphatic carbocycles. The van der Waals surface area contributed by atoms with Gasteiger partial charge in [-0.3, -0.25) is 14.8 Å². The monoisotopic (exact) mass is 291 g/mol. The largest absolute Gasteiger partial charge is 0.317 e. The van der Waals surface area contributed by atoms with Gasteiger partial charge in [-0.25, -0.2) is 0 Å². The molecule has 3 N–H and O–H groups in total. The van der Waals surface area contributed by atoms with Gasteiger partial charge in [-0.2, -0.15) is 5.10 Å². The number of rotatable bonds is 4. The lowest BCUT2D eigenvalue weighted by Crippen LogP contribution is -2.49. The second kappa shape index (κ2) is 6.58. The fraction of sp³-hybridized carbons (Fsp3) is 0.733. The molecule has 2 saturated heterocycles. The fourth-order valence-corrected chi connectivity index (χ4v) is 3.54. The minimum atomic E-state index is 0.0149. The molecule has 0 bridgehead atoms. The van der Waals surface area contributed by atoms with Crippen molar-refractivity contribution in [3.63, 3.8) is 0 Å². The van der Waals surface area contributed by atoms with Crippen LogP contribution < -0.4 is 10.6 Å². The molecule has 2 aliphatic rings. The van der Waals surface area contributed by atoms with E-state index >= 15 is 0 Å². The van der Waals surface area contributed by atoms with Gasteiger partial charge in [-0.05, 0) is 51.7 Å². The van der Waals surface area contributed by atoms with E-state index in [1.807, 2.05) is 0 Å². The molecule has 0 spiro atoms. The molecule has 116 valence electrons. The number of likely N-dealkylation sites (tertiary alicyclic amines) is 1. The first-order chi connectivity index (χ1) is 10.3. The summed E-state index contributed by atoms with van der Waals surface area (Å²) in [6.45, 7) is 5.25. The van der Waals surface area contributed by atoms with Gasteiger partial charge in [-0.15, -0.1) is 0 Å². The lowest BCUT2D eigenvalue weighted by molar-refractivity contribution is -0.121. The molecule has 1 aromatic rings. The van der Waals surface area contributed by atoms with E-state index < -0.39 is 0 Å². The molecule has 1 unspecified atom stereocenters. The third-order valence-electron chi connectivity index (χ3n) is 4.72. The molecule has 0 aromatic carbocycles. The number of aromatic nitrogens is 2. The lowest BCUT2D eigenvalue weighted by atomic mass is 10.0. The molecule has 3 heterocycles. The molecule has 21 heavy (non-hydrogen) atoms. The Labute approximate surface area is 125 Å². The number of aromatic amines is 1. The standard InChI is InChI=1S/C15H25N5O/c1-2-11-10-17-19-14(11)18-15(21)13-4-3-9-20(13)12-5-7-16-8-6-12/h10,12-13,16H,2-9H2,1H3,(H2,17,18,19,21). The summed E-state index contributed by atoms with van der Waals surface area (Å²) in [4.78, 5) is 15.0. The maximum atomic E-state index is 12.6. The zero-order chi connectivity index (χ0) is 14.7. The highest BCUT2D eigenvalue weighted by atomic mass is 16.2. The van der Waals surface area contributed by atoms with E-state index in [-0.39, 0.29) is 11.9 Å². The summed E-state index contributed by atoms with van der Waals surface area (Å²) in [6, 6.07) is 0.568. The Morgan fingerprint density at radius 2 is 2.24 bits per heavy atom. The van der Waals surface area contributed by atoms with Crippen molar-refractivity contribution in [2.45, 2.75) is 51.1 Å². The predicted molar refractivity (Wildman–Crippen MR) is 82.2 cm³/mol. The van der Waals surface area contributed by atoms with Gasteiger partial charge in [0.1, 0.15) is 5.82 Å². The Balaban J connectivity index is 1.65. The Morgan fingerprint density at radius 1 is 1.43 bits per heavy atom. The number of carbonyl (C=O) groups is 1. The fourth-order valence-electron chi connectivity index (χ4n) is 3.54. The number of hydrogen-bond acceptors (Lipinski definition) is 4. The molecular formula is C15H25N5O. The summed E-state index contributed by atoms with van der Waals surface area (Å²) in [5.74, 6) is 0.879. The van der Waals surface area contributed by atoms with E-state index in [0.29, 0.717) is 6.04 Å². The number of amides is 1. The Morgan fingerprint density at radius 3 is 3.00 bits per heavy atom. The second-order valence-electron chi connectivity index (χ2n) is 5.99. The van der Waals surface area contributed by atoms with Crippen molar-refractivity contribution in [3.05, 3.63) is 11.8 Å². The van der Waals surface area contributed by atoms with Crippen LogP contribution in [0, 0.1) is 0 Å². The first kappa shape index (κ1) is 14.5.